The Kier molecular flexibility index (Phi) is 7.05. The summed E-state index contributed by atoms with van der Waals surface area (Å²) in [6, 6.07) is 7.17. The quantitative estimate of drug-likeness (QED) is 0.792. The molecule has 126 valence electrons. The number of nitrogens with zero attached hydrogens (tertiary/aromatic N) is 1. The van der Waals surface area contributed by atoms with E-state index in [0.29, 0.717) is 42.6 Å². The van der Waals surface area contributed by atoms with Crippen molar-refractivity contribution in [3.8, 4) is 11.8 Å². The largest absolute Gasteiger partial charge is 0.492 e. The number of nitriles is 1. The van der Waals surface area contributed by atoms with Crippen LogP contribution in [0.5, 0.6) is 5.75 Å². The van der Waals surface area contributed by atoms with E-state index in [4.69, 9.17) is 9.47 Å². The fourth-order valence-electron chi connectivity index (χ4n) is 1.99. The van der Waals surface area contributed by atoms with Crippen molar-refractivity contribution in [1.29, 1.82) is 5.26 Å². The summed E-state index contributed by atoms with van der Waals surface area (Å²) in [7, 11) is 0. The number of ether oxygens (including phenoxy) is 2. The Morgan fingerprint density at radius 2 is 2.09 bits per heavy atom. The standard InChI is InChI=1S/C18H26N2O3/c1-6-18(5,23-7-2)17(21)20-15-8-9-16(14(10-15)11-19)22-12-13(3)4/h8-10,13H,6-7,12H2,1-5H3,(H,20,21)/t18-/m1/s1. The maximum atomic E-state index is 12.4. The predicted molar refractivity (Wildman–Crippen MR) is 90.4 cm³/mol. The molecule has 0 bridgehead atoms. The molecule has 0 unspecified atom stereocenters. The molecule has 1 amide bonds. The van der Waals surface area contributed by atoms with Crippen LogP contribution in [0, 0.1) is 17.2 Å². The highest BCUT2D eigenvalue weighted by molar-refractivity contribution is 5.97. The lowest BCUT2D eigenvalue weighted by atomic mass is 10.0. The summed E-state index contributed by atoms with van der Waals surface area (Å²) in [6.07, 6.45) is 0.563. The average Bonchev–Trinajstić information content (AvgIpc) is 2.53. The van der Waals surface area contributed by atoms with Crippen molar-refractivity contribution in [2.45, 2.75) is 46.6 Å². The Morgan fingerprint density at radius 3 is 2.61 bits per heavy atom. The van der Waals surface area contributed by atoms with Crippen LogP contribution in [0.1, 0.15) is 46.6 Å². The van der Waals surface area contributed by atoms with Gasteiger partial charge in [-0.2, -0.15) is 5.26 Å². The normalized spacial score (nSPS) is 13.3. The highest BCUT2D eigenvalue weighted by atomic mass is 16.5. The lowest BCUT2D eigenvalue weighted by Gasteiger charge is -2.26. The molecule has 0 radical (unpaired) electrons. The number of benzene rings is 1. The minimum atomic E-state index is -0.881. The number of hydrogen-bond donors (Lipinski definition) is 1. The highest BCUT2D eigenvalue weighted by Crippen LogP contribution is 2.24. The number of carbonyl (C=O) groups excluding carboxylic acids is 1. The van der Waals surface area contributed by atoms with Crippen LogP contribution in [0.15, 0.2) is 18.2 Å². The number of anilines is 1. The Hall–Kier alpha value is -2.06. The summed E-state index contributed by atoms with van der Waals surface area (Å²) in [4.78, 5) is 12.4. The van der Waals surface area contributed by atoms with Crippen molar-refractivity contribution in [2.24, 2.45) is 5.92 Å². The van der Waals surface area contributed by atoms with Gasteiger partial charge in [0.15, 0.2) is 0 Å². The average molecular weight is 318 g/mol. The van der Waals surface area contributed by atoms with Gasteiger partial charge in [0.2, 0.25) is 0 Å². The van der Waals surface area contributed by atoms with E-state index in [1.807, 2.05) is 27.7 Å². The first-order valence-corrected chi connectivity index (χ1v) is 7.98. The first-order chi connectivity index (χ1) is 10.9. The second-order valence-electron chi connectivity index (χ2n) is 6.00. The molecule has 23 heavy (non-hydrogen) atoms. The van der Waals surface area contributed by atoms with Crippen LogP contribution < -0.4 is 10.1 Å². The van der Waals surface area contributed by atoms with Crippen LogP contribution >= 0.6 is 0 Å². The Bertz CT molecular complexity index is 578. The van der Waals surface area contributed by atoms with E-state index in [1.54, 1.807) is 25.1 Å². The molecule has 0 saturated carbocycles. The second-order valence-corrected chi connectivity index (χ2v) is 6.00. The lowest BCUT2D eigenvalue weighted by Crippen LogP contribution is -2.42. The second kappa shape index (κ2) is 8.54. The van der Waals surface area contributed by atoms with Gasteiger partial charge in [0.05, 0.1) is 12.2 Å². The number of hydrogen-bond acceptors (Lipinski definition) is 4. The third-order valence-electron chi connectivity index (χ3n) is 3.55. The molecule has 1 aromatic rings. The van der Waals surface area contributed by atoms with Crippen LogP contribution in [0.3, 0.4) is 0 Å². The van der Waals surface area contributed by atoms with Crippen LogP contribution in [0.25, 0.3) is 0 Å². The van der Waals surface area contributed by atoms with E-state index in [-0.39, 0.29) is 5.91 Å². The van der Waals surface area contributed by atoms with Gasteiger partial charge in [-0.05, 0) is 44.4 Å². The molecule has 0 aliphatic heterocycles. The van der Waals surface area contributed by atoms with Gasteiger partial charge in [-0.15, -0.1) is 0 Å². The van der Waals surface area contributed by atoms with Crippen LogP contribution in [0.4, 0.5) is 5.69 Å². The van der Waals surface area contributed by atoms with Gasteiger partial charge in [0.25, 0.3) is 5.91 Å². The molecular formula is C18H26N2O3. The molecule has 0 heterocycles. The molecule has 1 rings (SSSR count). The summed E-state index contributed by atoms with van der Waals surface area (Å²) < 4.78 is 11.2. The zero-order chi connectivity index (χ0) is 17.5. The van der Waals surface area contributed by atoms with E-state index in [1.165, 1.54) is 0 Å². The fourth-order valence-corrected chi connectivity index (χ4v) is 1.99. The summed E-state index contributed by atoms with van der Waals surface area (Å²) in [5.41, 5.74) is 0.0786. The molecular weight excluding hydrogens is 292 g/mol. The smallest absolute Gasteiger partial charge is 0.256 e. The van der Waals surface area contributed by atoms with Crippen molar-refractivity contribution in [3.05, 3.63) is 23.8 Å². The van der Waals surface area contributed by atoms with Gasteiger partial charge in [-0.3, -0.25) is 4.79 Å². The third kappa shape index (κ3) is 5.26. The lowest BCUT2D eigenvalue weighted by molar-refractivity contribution is -0.139. The van der Waals surface area contributed by atoms with Crippen molar-refractivity contribution in [3.63, 3.8) is 0 Å². The molecule has 5 heteroatoms. The van der Waals surface area contributed by atoms with E-state index < -0.39 is 5.60 Å². The maximum Gasteiger partial charge on any atom is 0.256 e. The Labute approximate surface area is 138 Å². The van der Waals surface area contributed by atoms with Gasteiger partial charge >= 0.3 is 0 Å². The fraction of sp³-hybridized carbons (Fsp3) is 0.556. The van der Waals surface area contributed by atoms with Gasteiger partial charge < -0.3 is 14.8 Å². The van der Waals surface area contributed by atoms with E-state index in [9.17, 15) is 10.1 Å². The molecule has 1 atom stereocenters. The van der Waals surface area contributed by atoms with Crippen molar-refractivity contribution in [2.75, 3.05) is 18.5 Å². The minimum absolute atomic E-state index is 0.221. The van der Waals surface area contributed by atoms with E-state index in [0.717, 1.165) is 0 Å². The van der Waals surface area contributed by atoms with Gasteiger partial charge in [-0.25, -0.2) is 0 Å². The van der Waals surface area contributed by atoms with Crippen LogP contribution in [-0.2, 0) is 9.53 Å². The number of amides is 1. The SMILES string of the molecule is CCO[C@](C)(CC)C(=O)Nc1ccc(OCC(C)C)c(C#N)c1. The summed E-state index contributed by atoms with van der Waals surface area (Å²) in [6.45, 7) is 10.6. The van der Waals surface area contributed by atoms with E-state index in [2.05, 4.69) is 11.4 Å². The molecule has 0 aromatic heterocycles. The van der Waals surface area contributed by atoms with Gasteiger partial charge in [0, 0.05) is 12.3 Å². The molecule has 1 aromatic carbocycles. The van der Waals surface area contributed by atoms with Gasteiger partial charge in [0.1, 0.15) is 17.4 Å². The third-order valence-corrected chi connectivity index (χ3v) is 3.55. The zero-order valence-electron chi connectivity index (χ0n) is 14.6. The number of carbonyl (C=O) groups is 1. The Morgan fingerprint density at radius 1 is 1.39 bits per heavy atom. The topological polar surface area (TPSA) is 71.3 Å². The van der Waals surface area contributed by atoms with Crippen LogP contribution in [0.2, 0.25) is 0 Å². The minimum Gasteiger partial charge on any atom is -0.492 e. The van der Waals surface area contributed by atoms with Crippen LogP contribution in [-0.4, -0.2) is 24.7 Å². The number of rotatable bonds is 8. The van der Waals surface area contributed by atoms with E-state index >= 15 is 0 Å². The van der Waals surface area contributed by atoms with Crippen molar-refractivity contribution in [1.82, 2.24) is 0 Å². The first-order valence-electron chi connectivity index (χ1n) is 7.98. The van der Waals surface area contributed by atoms with Gasteiger partial charge in [-0.1, -0.05) is 20.8 Å². The molecule has 0 fully saturated rings. The zero-order valence-corrected chi connectivity index (χ0v) is 14.6. The monoisotopic (exact) mass is 318 g/mol. The summed E-state index contributed by atoms with van der Waals surface area (Å²) >= 11 is 0. The summed E-state index contributed by atoms with van der Waals surface area (Å²) in [5.74, 6) is 0.682. The molecule has 1 N–H and O–H groups in total. The highest BCUT2D eigenvalue weighted by Gasteiger charge is 2.31. The van der Waals surface area contributed by atoms with Crippen molar-refractivity contribution >= 4 is 11.6 Å². The first kappa shape index (κ1) is 19.0. The molecule has 5 nitrogen and oxygen atoms in total. The maximum absolute atomic E-state index is 12.4. The summed E-state index contributed by atoms with van der Waals surface area (Å²) in [5, 5.41) is 12.1. The Balaban J connectivity index is 2.90. The predicted octanol–water partition coefficient (Wildman–Crippen LogP) is 3.74. The molecule has 0 saturated heterocycles. The molecule has 0 aliphatic carbocycles. The molecule has 0 spiro atoms. The van der Waals surface area contributed by atoms with Crippen molar-refractivity contribution < 1.29 is 14.3 Å². The molecule has 0 aliphatic rings. The number of nitrogens with one attached hydrogen (secondary N) is 1.